The van der Waals surface area contributed by atoms with Crippen LogP contribution in [0.25, 0.3) is 10.9 Å². The standard InChI is InChI=1S/C21H18Br3N3O4/c1-4-30-21(29)11(2)31-19-16(23)7-13(8-17(19)24)10-25-27-12(3)26-18-6-5-14(22)9-15(18)20(27)28/h5-11H,4H2,1-3H3/t11-/m1/s1. The number of aryl methyl sites for hydroxylation is 1. The van der Waals surface area contributed by atoms with Crippen molar-refractivity contribution in [1.29, 1.82) is 0 Å². The van der Waals surface area contributed by atoms with Gasteiger partial charge in [0.1, 0.15) is 11.6 Å². The summed E-state index contributed by atoms with van der Waals surface area (Å²) in [7, 11) is 0. The van der Waals surface area contributed by atoms with Crippen molar-refractivity contribution in [2.75, 3.05) is 6.61 Å². The summed E-state index contributed by atoms with van der Waals surface area (Å²) in [4.78, 5) is 29.1. The van der Waals surface area contributed by atoms with Crippen LogP contribution in [0.5, 0.6) is 5.75 Å². The van der Waals surface area contributed by atoms with E-state index in [1.807, 2.05) is 6.07 Å². The Labute approximate surface area is 203 Å². The van der Waals surface area contributed by atoms with Crippen molar-refractivity contribution in [2.45, 2.75) is 26.9 Å². The van der Waals surface area contributed by atoms with Gasteiger partial charge < -0.3 is 9.47 Å². The van der Waals surface area contributed by atoms with Gasteiger partial charge in [-0.05, 0) is 88.5 Å². The molecule has 0 bridgehead atoms. The minimum Gasteiger partial charge on any atom is -0.477 e. The maximum Gasteiger partial charge on any atom is 0.347 e. The average Bonchev–Trinajstić information content (AvgIpc) is 2.71. The number of nitrogens with zero attached hydrogens (tertiary/aromatic N) is 3. The fraction of sp³-hybridized carbons (Fsp3) is 0.238. The second kappa shape index (κ2) is 10.1. The fourth-order valence-corrected chi connectivity index (χ4v) is 4.54. The number of fused-ring (bicyclic) bond motifs is 1. The molecule has 162 valence electrons. The van der Waals surface area contributed by atoms with Crippen LogP contribution in [0.4, 0.5) is 0 Å². The van der Waals surface area contributed by atoms with Crippen LogP contribution in [0.3, 0.4) is 0 Å². The van der Waals surface area contributed by atoms with E-state index in [0.29, 0.717) is 37.0 Å². The lowest BCUT2D eigenvalue weighted by Gasteiger charge is -2.16. The van der Waals surface area contributed by atoms with Crippen molar-refractivity contribution < 1.29 is 14.3 Å². The van der Waals surface area contributed by atoms with E-state index in [-0.39, 0.29) is 12.2 Å². The quantitative estimate of drug-likeness (QED) is 0.281. The Hall–Kier alpha value is -2.04. The molecule has 7 nitrogen and oxygen atoms in total. The molecule has 0 saturated carbocycles. The van der Waals surface area contributed by atoms with Crippen LogP contribution in [-0.4, -0.2) is 34.6 Å². The predicted octanol–water partition coefficient (Wildman–Crippen LogP) is 5.21. The number of hydrogen-bond acceptors (Lipinski definition) is 6. The minimum atomic E-state index is -0.767. The van der Waals surface area contributed by atoms with E-state index in [4.69, 9.17) is 9.47 Å². The number of carbonyl (C=O) groups is 1. The van der Waals surface area contributed by atoms with Gasteiger partial charge in [-0.25, -0.2) is 9.78 Å². The maximum atomic E-state index is 12.9. The highest BCUT2D eigenvalue weighted by molar-refractivity contribution is 9.11. The Morgan fingerprint density at radius 2 is 1.90 bits per heavy atom. The summed E-state index contributed by atoms with van der Waals surface area (Å²) in [5, 5.41) is 4.79. The van der Waals surface area contributed by atoms with E-state index in [0.717, 1.165) is 4.47 Å². The normalized spacial score (nSPS) is 12.3. The maximum absolute atomic E-state index is 12.9. The third-order valence-electron chi connectivity index (χ3n) is 4.23. The fourth-order valence-electron chi connectivity index (χ4n) is 2.77. The predicted molar refractivity (Wildman–Crippen MR) is 130 cm³/mol. The lowest BCUT2D eigenvalue weighted by atomic mass is 10.2. The molecular formula is C21H18Br3N3O4. The molecule has 0 fully saturated rings. The number of hydrogen-bond donors (Lipinski definition) is 0. The van der Waals surface area contributed by atoms with E-state index in [1.54, 1.807) is 51.3 Å². The van der Waals surface area contributed by atoms with Gasteiger partial charge in [0.25, 0.3) is 5.56 Å². The van der Waals surface area contributed by atoms with E-state index in [1.165, 1.54) is 4.68 Å². The molecule has 2 aromatic carbocycles. The van der Waals surface area contributed by atoms with Gasteiger partial charge in [-0.2, -0.15) is 9.78 Å². The Morgan fingerprint density at radius 1 is 1.23 bits per heavy atom. The van der Waals surface area contributed by atoms with Crippen LogP contribution in [0.1, 0.15) is 25.2 Å². The summed E-state index contributed by atoms with van der Waals surface area (Å²) < 4.78 is 14.0. The van der Waals surface area contributed by atoms with Gasteiger partial charge in [-0.15, -0.1) is 0 Å². The third-order valence-corrected chi connectivity index (χ3v) is 5.90. The smallest absolute Gasteiger partial charge is 0.347 e. The molecule has 0 amide bonds. The van der Waals surface area contributed by atoms with Crippen LogP contribution < -0.4 is 10.3 Å². The molecule has 10 heteroatoms. The topological polar surface area (TPSA) is 82.8 Å². The SMILES string of the molecule is CCOC(=O)[C@@H](C)Oc1c(Br)cc(C=Nn2c(C)nc3ccc(Br)cc3c2=O)cc1Br. The molecule has 3 rings (SSSR count). The van der Waals surface area contributed by atoms with Crippen molar-refractivity contribution in [3.63, 3.8) is 0 Å². The molecule has 0 aliphatic rings. The molecule has 0 spiro atoms. The van der Waals surface area contributed by atoms with E-state index in [9.17, 15) is 9.59 Å². The van der Waals surface area contributed by atoms with E-state index >= 15 is 0 Å². The van der Waals surface area contributed by atoms with Crippen molar-refractivity contribution in [3.05, 3.63) is 65.5 Å². The van der Waals surface area contributed by atoms with Gasteiger partial charge in [0.15, 0.2) is 6.10 Å². The Bertz CT molecular complexity index is 1220. The third kappa shape index (κ3) is 5.42. The zero-order valence-corrected chi connectivity index (χ0v) is 21.6. The van der Waals surface area contributed by atoms with Crippen molar-refractivity contribution in [2.24, 2.45) is 5.10 Å². The summed E-state index contributed by atoms with van der Waals surface area (Å²) in [5.74, 6) is 0.484. The summed E-state index contributed by atoms with van der Waals surface area (Å²) in [5.41, 5.74) is 1.05. The van der Waals surface area contributed by atoms with Crippen LogP contribution >= 0.6 is 47.8 Å². The second-order valence-electron chi connectivity index (χ2n) is 6.51. The summed E-state index contributed by atoms with van der Waals surface area (Å²) >= 11 is 10.3. The van der Waals surface area contributed by atoms with Crippen LogP contribution in [0.15, 0.2) is 53.6 Å². The lowest BCUT2D eigenvalue weighted by molar-refractivity contribution is -0.150. The molecule has 1 heterocycles. The Balaban J connectivity index is 1.92. The van der Waals surface area contributed by atoms with Crippen molar-refractivity contribution in [1.82, 2.24) is 9.66 Å². The summed E-state index contributed by atoms with van der Waals surface area (Å²) in [6.07, 6.45) is 0.782. The molecule has 0 N–H and O–H groups in total. The van der Waals surface area contributed by atoms with Gasteiger partial charge in [0, 0.05) is 4.47 Å². The first-order valence-corrected chi connectivity index (χ1v) is 11.6. The van der Waals surface area contributed by atoms with E-state index in [2.05, 4.69) is 57.9 Å². The average molecular weight is 616 g/mol. The first-order valence-electron chi connectivity index (χ1n) is 9.26. The zero-order chi connectivity index (χ0) is 22.7. The van der Waals surface area contributed by atoms with Crippen molar-refractivity contribution >= 4 is 70.9 Å². The molecule has 1 atom stereocenters. The van der Waals surface area contributed by atoms with Crippen LogP contribution in [0.2, 0.25) is 0 Å². The zero-order valence-electron chi connectivity index (χ0n) is 16.9. The molecule has 1 aromatic heterocycles. The van der Waals surface area contributed by atoms with Crippen molar-refractivity contribution in [3.8, 4) is 5.75 Å². The summed E-state index contributed by atoms with van der Waals surface area (Å²) in [6.45, 7) is 5.36. The first kappa shape index (κ1) is 23.6. The lowest BCUT2D eigenvalue weighted by Crippen LogP contribution is -2.26. The Kier molecular flexibility index (Phi) is 7.66. The number of halogens is 3. The number of rotatable bonds is 6. The number of carbonyl (C=O) groups excluding carboxylic acids is 1. The van der Waals surface area contributed by atoms with Gasteiger partial charge in [0.2, 0.25) is 0 Å². The van der Waals surface area contributed by atoms with Gasteiger partial charge >= 0.3 is 5.97 Å². The minimum absolute atomic E-state index is 0.263. The van der Waals surface area contributed by atoms with E-state index < -0.39 is 12.1 Å². The molecule has 0 aliphatic carbocycles. The van der Waals surface area contributed by atoms with Crippen LogP contribution in [0, 0.1) is 6.92 Å². The molecular weight excluding hydrogens is 598 g/mol. The molecule has 0 radical (unpaired) electrons. The number of ether oxygens (including phenoxy) is 2. The molecule has 0 saturated heterocycles. The second-order valence-corrected chi connectivity index (χ2v) is 9.13. The number of esters is 1. The molecule has 3 aromatic rings. The monoisotopic (exact) mass is 613 g/mol. The van der Waals surface area contributed by atoms with Gasteiger partial charge in [-0.1, -0.05) is 15.9 Å². The highest BCUT2D eigenvalue weighted by atomic mass is 79.9. The number of benzene rings is 2. The molecule has 31 heavy (non-hydrogen) atoms. The highest BCUT2D eigenvalue weighted by Gasteiger charge is 2.19. The van der Waals surface area contributed by atoms with Crippen LogP contribution in [-0.2, 0) is 9.53 Å². The largest absolute Gasteiger partial charge is 0.477 e. The molecule has 0 aliphatic heterocycles. The summed E-state index contributed by atoms with van der Waals surface area (Å²) in [6, 6.07) is 8.88. The Morgan fingerprint density at radius 3 is 2.55 bits per heavy atom. The number of aromatic nitrogens is 2. The van der Waals surface area contributed by atoms with Gasteiger partial charge in [0.05, 0.1) is 32.7 Å². The highest BCUT2D eigenvalue weighted by Crippen LogP contribution is 2.35. The van der Waals surface area contributed by atoms with Gasteiger partial charge in [-0.3, -0.25) is 4.79 Å². The molecule has 0 unspecified atom stereocenters. The first-order chi connectivity index (χ1) is 14.7.